The van der Waals surface area contributed by atoms with E-state index in [-0.39, 0.29) is 11.3 Å². The Morgan fingerprint density at radius 1 is 0.966 bits per heavy atom. The van der Waals surface area contributed by atoms with Crippen LogP contribution >= 0.6 is 0 Å². The molecule has 0 saturated carbocycles. The van der Waals surface area contributed by atoms with Gasteiger partial charge in [0.1, 0.15) is 17.4 Å². The zero-order valence-electron chi connectivity index (χ0n) is 15.9. The Bertz CT molecular complexity index is 1040. The van der Waals surface area contributed by atoms with Gasteiger partial charge in [-0.25, -0.2) is 4.79 Å². The highest BCUT2D eigenvalue weighted by molar-refractivity contribution is 5.94. The van der Waals surface area contributed by atoms with E-state index in [9.17, 15) is 9.59 Å². The van der Waals surface area contributed by atoms with Gasteiger partial charge in [0.25, 0.3) is 0 Å². The molecule has 0 aliphatic heterocycles. The van der Waals surface area contributed by atoms with E-state index in [0.717, 1.165) is 6.42 Å². The fourth-order valence-corrected chi connectivity index (χ4v) is 2.73. The molecule has 3 aromatic carbocycles. The maximum absolute atomic E-state index is 10.3. The molecular formula is C23H23NO5. The minimum Gasteiger partial charge on any atom is -0.507 e. The van der Waals surface area contributed by atoms with Crippen molar-refractivity contribution in [3.05, 3.63) is 83.4 Å². The third kappa shape index (κ3) is 5.92. The second kappa shape index (κ2) is 10.1. The van der Waals surface area contributed by atoms with Crippen LogP contribution in [-0.2, 0) is 11.2 Å². The van der Waals surface area contributed by atoms with E-state index in [1.807, 2.05) is 0 Å². The zero-order valence-corrected chi connectivity index (χ0v) is 15.9. The van der Waals surface area contributed by atoms with Crippen molar-refractivity contribution in [2.45, 2.75) is 19.4 Å². The molecule has 6 heteroatoms. The number of aliphatic carboxylic acids is 1. The summed E-state index contributed by atoms with van der Waals surface area (Å²) in [5, 5.41) is 28.0. The Kier molecular flexibility index (Phi) is 7.51. The lowest BCUT2D eigenvalue weighted by Crippen LogP contribution is -2.25. The molecule has 1 aliphatic carbocycles. The van der Waals surface area contributed by atoms with E-state index in [0.29, 0.717) is 0 Å². The lowest BCUT2D eigenvalue weighted by Gasteiger charge is -2.11. The van der Waals surface area contributed by atoms with Crippen molar-refractivity contribution in [2.24, 2.45) is 5.73 Å². The van der Waals surface area contributed by atoms with Crippen LogP contribution in [0.3, 0.4) is 0 Å². The Morgan fingerprint density at radius 2 is 1.59 bits per heavy atom. The van der Waals surface area contributed by atoms with Crippen LogP contribution in [0.1, 0.15) is 28.4 Å². The number of carboxylic acid groups (broad SMARTS) is 2. The number of aromatic carboxylic acids is 1. The smallest absolute Gasteiger partial charge is 0.339 e. The van der Waals surface area contributed by atoms with E-state index >= 15 is 0 Å². The fourth-order valence-electron chi connectivity index (χ4n) is 2.73. The average molecular weight is 393 g/mol. The number of para-hydroxylation sites is 1. The second-order valence-electron chi connectivity index (χ2n) is 6.42. The van der Waals surface area contributed by atoms with Gasteiger partial charge >= 0.3 is 11.9 Å². The van der Waals surface area contributed by atoms with Gasteiger partial charge in [-0.1, -0.05) is 60.7 Å². The number of hydrogen-bond acceptors (Lipinski definition) is 4. The molecule has 0 fully saturated rings. The molecular weight excluding hydrogens is 370 g/mol. The van der Waals surface area contributed by atoms with Crippen molar-refractivity contribution in [3.8, 4) is 5.75 Å². The van der Waals surface area contributed by atoms with Gasteiger partial charge in [-0.3, -0.25) is 4.79 Å². The minimum atomic E-state index is -1.11. The first-order valence-corrected chi connectivity index (χ1v) is 8.98. The number of benzene rings is 3. The standard InChI is InChI=1S/C13H10.C7H6O3.C3H7NO2/c1-4-10-6-2-8-12-9-3-7-11(5-1)13(10)12;8-6-4-2-1-3-5(6)7(9)10;1-2(4)3(5)6/h1-8H,9H2;1-4,8H,(H,9,10);2H,4H2,1H3,(H,5,6). The van der Waals surface area contributed by atoms with Gasteiger partial charge < -0.3 is 21.1 Å². The molecule has 1 atom stereocenters. The van der Waals surface area contributed by atoms with E-state index in [4.69, 9.17) is 21.1 Å². The predicted molar refractivity (Wildman–Crippen MR) is 113 cm³/mol. The lowest BCUT2D eigenvalue weighted by molar-refractivity contribution is -0.138. The Balaban J connectivity index is 0.000000168. The van der Waals surface area contributed by atoms with Crippen LogP contribution in [0.2, 0.25) is 0 Å². The second-order valence-corrected chi connectivity index (χ2v) is 6.42. The van der Waals surface area contributed by atoms with E-state index < -0.39 is 18.0 Å². The molecule has 0 spiro atoms. The molecule has 4 rings (SSSR count). The van der Waals surface area contributed by atoms with Crippen LogP contribution in [0.25, 0.3) is 16.8 Å². The van der Waals surface area contributed by atoms with Gasteiger partial charge in [0.05, 0.1) is 0 Å². The number of hydrogen-bond donors (Lipinski definition) is 4. The van der Waals surface area contributed by atoms with Crippen molar-refractivity contribution < 1.29 is 24.9 Å². The first kappa shape index (κ1) is 21.7. The molecule has 150 valence electrons. The summed E-state index contributed by atoms with van der Waals surface area (Å²) in [5.74, 6) is -2.27. The third-order valence-corrected chi connectivity index (χ3v) is 4.18. The molecule has 0 radical (unpaired) electrons. The summed E-state index contributed by atoms with van der Waals surface area (Å²) in [4.78, 5) is 19.8. The number of aromatic hydroxyl groups is 1. The van der Waals surface area contributed by atoms with E-state index in [1.165, 1.54) is 41.0 Å². The molecule has 29 heavy (non-hydrogen) atoms. The minimum absolute atomic E-state index is 0.0671. The van der Waals surface area contributed by atoms with Crippen LogP contribution in [0.4, 0.5) is 0 Å². The van der Waals surface area contributed by atoms with Crippen molar-refractivity contribution in [2.75, 3.05) is 0 Å². The van der Waals surface area contributed by atoms with Crippen LogP contribution in [0.5, 0.6) is 5.75 Å². The van der Waals surface area contributed by atoms with Gasteiger partial charge in [-0.15, -0.1) is 0 Å². The Morgan fingerprint density at radius 3 is 2.14 bits per heavy atom. The van der Waals surface area contributed by atoms with Crippen LogP contribution < -0.4 is 5.73 Å². The number of phenols is 1. The summed E-state index contributed by atoms with van der Waals surface area (Å²) in [6, 6.07) is 18.1. The lowest BCUT2D eigenvalue weighted by atomic mass is 9.93. The van der Waals surface area contributed by atoms with Crippen LogP contribution in [0.15, 0.2) is 66.7 Å². The summed E-state index contributed by atoms with van der Waals surface area (Å²) in [7, 11) is 0. The third-order valence-electron chi connectivity index (χ3n) is 4.18. The molecule has 1 aliphatic rings. The highest BCUT2D eigenvalue weighted by atomic mass is 16.4. The maximum Gasteiger partial charge on any atom is 0.339 e. The zero-order chi connectivity index (χ0) is 21.4. The molecule has 0 saturated heterocycles. The first-order chi connectivity index (χ1) is 13.8. The number of nitrogens with two attached hydrogens (primary N) is 1. The van der Waals surface area contributed by atoms with Gasteiger partial charge in [0.2, 0.25) is 0 Å². The van der Waals surface area contributed by atoms with E-state index in [1.54, 1.807) is 12.1 Å². The molecule has 0 amide bonds. The quantitative estimate of drug-likeness (QED) is 0.524. The number of rotatable bonds is 2. The van der Waals surface area contributed by atoms with Crippen molar-refractivity contribution >= 4 is 28.8 Å². The molecule has 5 N–H and O–H groups in total. The molecule has 3 aromatic rings. The van der Waals surface area contributed by atoms with Crippen molar-refractivity contribution in [1.29, 1.82) is 0 Å². The molecule has 0 heterocycles. The monoisotopic (exact) mass is 393 g/mol. The van der Waals surface area contributed by atoms with Crippen LogP contribution in [-0.4, -0.2) is 33.3 Å². The van der Waals surface area contributed by atoms with Crippen LogP contribution in [0, 0.1) is 0 Å². The Hall–Kier alpha value is -3.64. The molecule has 1 unspecified atom stereocenters. The molecule has 0 bridgehead atoms. The summed E-state index contributed by atoms with van der Waals surface area (Å²) < 4.78 is 0. The van der Waals surface area contributed by atoms with Gasteiger partial charge in [0, 0.05) is 0 Å². The number of allylic oxidation sites excluding steroid dienone is 1. The Labute approximate surface area is 168 Å². The number of carbonyl (C=O) groups is 2. The average Bonchev–Trinajstić information content (AvgIpc) is 2.70. The highest BCUT2D eigenvalue weighted by Gasteiger charge is 2.06. The van der Waals surface area contributed by atoms with Crippen molar-refractivity contribution in [3.63, 3.8) is 0 Å². The largest absolute Gasteiger partial charge is 0.507 e. The summed E-state index contributed by atoms with van der Waals surface area (Å²) in [6.45, 7) is 1.42. The van der Waals surface area contributed by atoms with Gasteiger partial charge in [0.15, 0.2) is 0 Å². The first-order valence-electron chi connectivity index (χ1n) is 8.98. The summed E-state index contributed by atoms with van der Waals surface area (Å²) in [5.41, 5.74) is 7.58. The highest BCUT2D eigenvalue weighted by Crippen LogP contribution is 2.27. The van der Waals surface area contributed by atoms with Gasteiger partial charge in [-0.05, 0) is 47.4 Å². The maximum atomic E-state index is 10.3. The van der Waals surface area contributed by atoms with Crippen molar-refractivity contribution in [1.82, 2.24) is 0 Å². The summed E-state index contributed by atoms with van der Waals surface area (Å²) in [6.07, 6.45) is 5.53. The number of carboxylic acids is 2. The topological polar surface area (TPSA) is 121 Å². The molecule has 6 nitrogen and oxygen atoms in total. The predicted octanol–water partition coefficient (Wildman–Crippen LogP) is 3.92. The summed E-state index contributed by atoms with van der Waals surface area (Å²) >= 11 is 0. The van der Waals surface area contributed by atoms with Gasteiger partial charge in [-0.2, -0.15) is 0 Å². The van der Waals surface area contributed by atoms with E-state index in [2.05, 4.69) is 48.6 Å². The SMILES string of the molecule is C1=Cc2cccc3cccc(c23)C1.CC(N)C(=O)O.O=C(O)c1ccccc1O. The normalized spacial score (nSPS) is 12.1. The fraction of sp³-hybridized carbons (Fsp3) is 0.130. The molecule has 0 aromatic heterocycles.